The molecular formula is C19H17ClN4O2. The molecule has 1 aromatic heterocycles. The number of halogens is 1. The summed E-state index contributed by atoms with van der Waals surface area (Å²) in [4.78, 5) is 18.1. The second-order valence-electron chi connectivity index (χ2n) is 5.59. The minimum absolute atomic E-state index is 0.229. The van der Waals surface area contributed by atoms with E-state index in [2.05, 4.69) is 20.5 Å². The topological polar surface area (TPSA) is 79.4 Å². The van der Waals surface area contributed by atoms with E-state index in [1.165, 1.54) is 6.07 Å². The van der Waals surface area contributed by atoms with Crippen LogP contribution in [0.25, 0.3) is 0 Å². The monoisotopic (exact) mass is 368 g/mol. The quantitative estimate of drug-likeness (QED) is 0.513. The fourth-order valence-corrected chi connectivity index (χ4v) is 2.36. The van der Waals surface area contributed by atoms with Crippen LogP contribution in [0.15, 0.2) is 64.5 Å². The van der Waals surface area contributed by atoms with Crippen LogP contribution in [0.2, 0.25) is 5.02 Å². The molecule has 0 atom stereocenters. The van der Waals surface area contributed by atoms with Gasteiger partial charge in [-0.2, -0.15) is 5.10 Å². The van der Waals surface area contributed by atoms with Crippen LogP contribution in [0.5, 0.6) is 5.75 Å². The average molecular weight is 369 g/mol. The summed E-state index contributed by atoms with van der Waals surface area (Å²) >= 11 is 5.87. The minimum Gasteiger partial charge on any atom is -0.489 e. The van der Waals surface area contributed by atoms with Crippen LogP contribution in [-0.2, 0) is 6.61 Å². The van der Waals surface area contributed by atoms with Gasteiger partial charge in [0.1, 0.15) is 12.4 Å². The smallest absolute Gasteiger partial charge is 0.252 e. The largest absolute Gasteiger partial charge is 0.489 e. The highest BCUT2D eigenvalue weighted by Gasteiger charge is 1.99. The van der Waals surface area contributed by atoms with Gasteiger partial charge in [-0.25, -0.2) is 10.4 Å². The lowest BCUT2D eigenvalue weighted by molar-refractivity contribution is 0.306. The van der Waals surface area contributed by atoms with Crippen LogP contribution in [0, 0.1) is 6.92 Å². The van der Waals surface area contributed by atoms with E-state index < -0.39 is 0 Å². The number of ether oxygens (including phenoxy) is 1. The Balaban J connectivity index is 1.61. The Hall–Kier alpha value is -3.12. The van der Waals surface area contributed by atoms with Crippen molar-refractivity contribution in [3.8, 4) is 5.75 Å². The van der Waals surface area contributed by atoms with Crippen molar-refractivity contribution in [1.29, 1.82) is 0 Å². The third-order valence-electron chi connectivity index (χ3n) is 3.43. The third-order valence-corrected chi connectivity index (χ3v) is 3.68. The first-order chi connectivity index (χ1) is 12.6. The zero-order chi connectivity index (χ0) is 18.4. The summed E-state index contributed by atoms with van der Waals surface area (Å²) in [5.41, 5.74) is 4.97. The van der Waals surface area contributed by atoms with E-state index >= 15 is 0 Å². The molecule has 2 aromatic carbocycles. The number of benzene rings is 2. The molecule has 0 fully saturated rings. The number of nitrogens with one attached hydrogen (secondary N) is 2. The summed E-state index contributed by atoms with van der Waals surface area (Å²) in [6, 6.07) is 16.4. The molecule has 1 heterocycles. The molecule has 132 valence electrons. The minimum atomic E-state index is -0.229. The van der Waals surface area contributed by atoms with Gasteiger partial charge in [0, 0.05) is 16.8 Å². The van der Waals surface area contributed by atoms with Crippen LogP contribution in [0.3, 0.4) is 0 Å². The summed E-state index contributed by atoms with van der Waals surface area (Å²) in [5.74, 6) is 1.02. The first-order valence-electron chi connectivity index (χ1n) is 7.93. The predicted molar refractivity (Wildman–Crippen MR) is 103 cm³/mol. The van der Waals surface area contributed by atoms with E-state index in [4.69, 9.17) is 16.3 Å². The lowest BCUT2D eigenvalue weighted by Gasteiger charge is -2.07. The summed E-state index contributed by atoms with van der Waals surface area (Å²) < 4.78 is 5.78. The van der Waals surface area contributed by atoms with E-state index in [9.17, 15) is 4.79 Å². The summed E-state index contributed by atoms with van der Waals surface area (Å²) in [6.45, 7) is 2.19. The summed E-state index contributed by atoms with van der Waals surface area (Å²) in [5, 5.41) is 4.78. The lowest BCUT2D eigenvalue weighted by Crippen LogP contribution is -2.10. The molecule has 3 aromatic rings. The van der Waals surface area contributed by atoms with Crippen molar-refractivity contribution in [3.63, 3.8) is 0 Å². The number of rotatable bonds is 6. The van der Waals surface area contributed by atoms with Crippen molar-refractivity contribution >= 4 is 23.8 Å². The van der Waals surface area contributed by atoms with Gasteiger partial charge in [0.25, 0.3) is 5.56 Å². The molecule has 26 heavy (non-hydrogen) atoms. The molecule has 7 heteroatoms. The highest BCUT2D eigenvalue weighted by molar-refractivity contribution is 6.30. The predicted octanol–water partition coefficient (Wildman–Crippen LogP) is 3.76. The fourth-order valence-electron chi connectivity index (χ4n) is 2.23. The molecule has 3 rings (SSSR count). The third kappa shape index (κ3) is 5.19. The number of aryl methyl sites for hydroxylation is 1. The number of hydrogen-bond donors (Lipinski definition) is 2. The molecule has 0 spiro atoms. The molecule has 0 aliphatic rings. The molecule has 6 nitrogen and oxygen atoms in total. The highest BCUT2D eigenvalue weighted by Crippen LogP contribution is 2.15. The second-order valence-corrected chi connectivity index (χ2v) is 6.03. The van der Waals surface area contributed by atoms with Gasteiger partial charge < -0.3 is 4.74 Å². The van der Waals surface area contributed by atoms with E-state index in [-0.39, 0.29) is 5.56 Å². The number of nitrogens with zero attached hydrogens (tertiary/aromatic N) is 2. The van der Waals surface area contributed by atoms with Gasteiger partial charge in [-0.1, -0.05) is 35.9 Å². The highest BCUT2D eigenvalue weighted by atomic mass is 35.5. The zero-order valence-corrected chi connectivity index (χ0v) is 14.8. The van der Waals surface area contributed by atoms with Crippen LogP contribution in [0.1, 0.15) is 16.8 Å². The van der Waals surface area contributed by atoms with Gasteiger partial charge in [0.2, 0.25) is 5.95 Å². The van der Waals surface area contributed by atoms with Crippen molar-refractivity contribution in [1.82, 2.24) is 9.97 Å². The van der Waals surface area contributed by atoms with Gasteiger partial charge in [0.15, 0.2) is 0 Å². The number of aromatic amines is 1. The normalized spacial score (nSPS) is 10.8. The van der Waals surface area contributed by atoms with Gasteiger partial charge in [0.05, 0.1) is 6.21 Å². The van der Waals surface area contributed by atoms with Crippen molar-refractivity contribution in [2.75, 3.05) is 5.43 Å². The molecule has 0 bridgehead atoms. The molecule has 0 saturated carbocycles. The van der Waals surface area contributed by atoms with Crippen molar-refractivity contribution < 1.29 is 4.74 Å². The van der Waals surface area contributed by atoms with Crippen molar-refractivity contribution in [2.24, 2.45) is 5.10 Å². The Bertz CT molecular complexity index is 968. The molecule has 0 saturated heterocycles. The Morgan fingerprint density at radius 3 is 2.81 bits per heavy atom. The standard InChI is InChI=1S/C19H17ClN4O2/c1-13-9-18(25)23-19(22-13)24-21-11-15-3-2-4-17(10-15)26-12-14-5-7-16(20)8-6-14/h2-11H,12H2,1H3,(H2,22,23,24,25)/b21-11-. The Morgan fingerprint density at radius 1 is 1.23 bits per heavy atom. The molecule has 0 aliphatic heterocycles. The number of H-pyrrole nitrogens is 1. The number of aromatic nitrogens is 2. The molecule has 0 radical (unpaired) electrons. The number of hydrazone groups is 1. The molecule has 2 N–H and O–H groups in total. The second kappa shape index (κ2) is 8.31. The van der Waals surface area contributed by atoms with Crippen LogP contribution in [0.4, 0.5) is 5.95 Å². The summed E-state index contributed by atoms with van der Waals surface area (Å²) in [7, 11) is 0. The van der Waals surface area contributed by atoms with Gasteiger partial charge in [-0.15, -0.1) is 0 Å². The first kappa shape index (κ1) is 17.7. The molecule has 0 amide bonds. The maximum atomic E-state index is 11.4. The first-order valence-corrected chi connectivity index (χ1v) is 8.31. The molecular weight excluding hydrogens is 352 g/mol. The number of hydrogen-bond acceptors (Lipinski definition) is 5. The van der Waals surface area contributed by atoms with E-state index in [0.717, 1.165) is 16.9 Å². The zero-order valence-electron chi connectivity index (χ0n) is 14.1. The van der Waals surface area contributed by atoms with Crippen LogP contribution >= 0.6 is 11.6 Å². The van der Waals surface area contributed by atoms with Crippen molar-refractivity contribution in [3.05, 3.63) is 86.8 Å². The van der Waals surface area contributed by atoms with Crippen LogP contribution in [-0.4, -0.2) is 16.2 Å². The molecule has 0 unspecified atom stereocenters. The molecule has 0 aliphatic carbocycles. The summed E-state index contributed by atoms with van der Waals surface area (Å²) in [6.07, 6.45) is 1.62. The van der Waals surface area contributed by atoms with Gasteiger partial charge >= 0.3 is 0 Å². The van der Waals surface area contributed by atoms with E-state index in [0.29, 0.717) is 23.3 Å². The maximum Gasteiger partial charge on any atom is 0.252 e. The Kier molecular flexibility index (Phi) is 5.66. The SMILES string of the molecule is Cc1cc(=O)[nH]c(N/N=C\c2cccc(OCc3ccc(Cl)cc3)c2)n1. The fraction of sp³-hybridized carbons (Fsp3) is 0.105. The van der Waals surface area contributed by atoms with E-state index in [1.807, 2.05) is 48.5 Å². The number of anilines is 1. The average Bonchev–Trinajstić information content (AvgIpc) is 2.61. The maximum absolute atomic E-state index is 11.4. The Labute approximate surface area is 155 Å². The lowest BCUT2D eigenvalue weighted by atomic mass is 10.2. The van der Waals surface area contributed by atoms with Gasteiger partial charge in [-0.05, 0) is 42.3 Å². The van der Waals surface area contributed by atoms with Crippen LogP contribution < -0.4 is 15.7 Å². The van der Waals surface area contributed by atoms with E-state index in [1.54, 1.807) is 13.1 Å². The Morgan fingerprint density at radius 2 is 2.04 bits per heavy atom. The van der Waals surface area contributed by atoms with Gasteiger partial charge in [-0.3, -0.25) is 9.78 Å². The van der Waals surface area contributed by atoms with Crippen molar-refractivity contribution in [2.45, 2.75) is 13.5 Å².